The van der Waals surface area contributed by atoms with Crippen LogP contribution in [0.1, 0.15) is 23.6 Å². The Morgan fingerprint density at radius 1 is 1.19 bits per heavy atom. The first-order chi connectivity index (χ1) is 7.66. The SMILES string of the molecule is Cc1cc2c(cc1C)N1[C@@H](CNC[C@H]1C)C2. The second-order valence-electron chi connectivity index (χ2n) is 5.34. The molecule has 16 heavy (non-hydrogen) atoms. The van der Waals surface area contributed by atoms with Gasteiger partial charge >= 0.3 is 0 Å². The third-order valence-corrected chi connectivity index (χ3v) is 4.12. The van der Waals surface area contributed by atoms with E-state index < -0.39 is 0 Å². The van der Waals surface area contributed by atoms with Gasteiger partial charge in [0.05, 0.1) is 0 Å². The molecule has 2 heteroatoms. The lowest BCUT2D eigenvalue weighted by molar-refractivity contribution is 0.430. The number of nitrogens with one attached hydrogen (secondary N) is 1. The van der Waals surface area contributed by atoms with Crippen molar-refractivity contribution >= 4 is 5.69 Å². The standard InChI is InChI=1S/C14H20N2/c1-9-4-12-6-13-8-15-7-11(3)16(13)14(12)5-10(9)2/h4-5,11,13,15H,6-8H2,1-3H3/t11-,13-/m1/s1. The largest absolute Gasteiger partial charge is 0.363 e. The molecule has 0 aromatic heterocycles. The number of fused-ring (bicyclic) bond motifs is 3. The number of nitrogens with zero attached hydrogens (tertiary/aromatic N) is 1. The third kappa shape index (κ3) is 1.36. The molecular formula is C14H20N2. The quantitative estimate of drug-likeness (QED) is 0.714. The van der Waals surface area contributed by atoms with E-state index in [-0.39, 0.29) is 0 Å². The molecule has 2 heterocycles. The van der Waals surface area contributed by atoms with E-state index in [1.165, 1.54) is 23.2 Å². The molecule has 1 aromatic rings. The van der Waals surface area contributed by atoms with Gasteiger partial charge in [-0.3, -0.25) is 0 Å². The summed E-state index contributed by atoms with van der Waals surface area (Å²) in [6.07, 6.45) is 1.22. The van der Waals surface area contributed by atoms with Crippen LogP contribution in [0.5, 0.6) is 0 Å². The van der Waals surface area contributed by atoms with Crippen LogP contribution in [-0.2, 0) is 6.42 Å². The molecule has 0 unspecified atom stereocenters. The van der Waals surface area contributed by atoms with Gasteiger partial charge < -0.3 is 10.2 Å². The maximum absolute atomic E-state index is 3.53. The number of rotatable bonds is 0. The van der Waals surface area contributed by atoms with Crippen LogP contribution in [0.15, 0.2) is 12.1 Å². The van der Waals surface area contributed by atoms with Crippen LogP contribution in [0.2, 0.25) is 0 Å². The molecule has 86 valence electrons. The molecule has 0 radical (unpaired) electrons. The van der Waals surface area contributed by atoms with Crippen LogP contribution in [0.3, 0.4) is 0 Å². The van der Waals surface area contributed by atoms with Crippen molar-refractivity contribution in [1.82, 2.24) is 5.32 Å². The maximum Gasteiger partial charge on any atom is 0.0459 e. The summed E-state index contributed by atoms with van der Waals surface area (Å²) in [7, 11) is 0. The van der Waals surface area contributed by atoms with Crippen molar-refractivity contribution in [3.63, 3.8) is 0 Å². The van der Waals surface area contributed by atoms with Crippen molar-refractivity contribution in [1.29, 1.82) is 0 Å². The Morgan fingerprint density at radius 2 is 1.94 bits per heavy atom. The van der Waals surface area contributed by atoms with E-state index in [0.29, 0.717) is 12.1 Å². The summed E-state index contributed by atoms with van der Waals surface area (Å²) in [5.74, 6) is 0. The first-order valence-corrected chi connectivity index (χ1v) is 6.26. The fourth-order valence-corrected chi connectivity index (χ4v) is 3.14. The molecule has 2 aliphatic heterocycles. The van der Waals surface area contributed by atoms with Crippen molar-refractivity contribution in [2.24, 2.45) is 0 Å². The topological polar surface area (TPSA) is 15.3 Å². The third-order valence-electron chi connectivity index (χ3n) is 4.12. The second kappa shape index (κ2) is 3.49. The van der Waals surface area contributed by atoms with E-state index in [1.807, 2.05) is 0 Å². The Balaban J connectivity index is 2.06. The van der Waals surface area contributed by atoms with Gasteiger partial charge in [0.1, 0.15) is 0 Å². The van der Waals surface area contributed by atoms with E-state index in [0.717, 1.165) is 13.1 Å². The minimum absolute atomic E-state index is 0.627. The van der Waals surface area contributed by atoms with Crippen molar-refractivity contribution < 1.29 is 0 Å². The first-order valence-electron chi connectivity index (χ1n) is 6.26. The van der Waals surface area contributed by atoms with E-state index in [1.54, 1.807) is 5.56 Å². The average molecular weight is 216 g/mol. The zero-order valence-corrected chi connectivity index (χ0v) is 10.4. The number of piperazine rings is 1. The summed E-state index contributed by atoms with van der Waals surface area (Å²) in [4.78, 5) is 2.62. The minimum Gasteiger partial charge on any atom is -0.363 e. The fraction of sp³-hybridized carbons (Fsp3) is 0.571. The molecule has 0 spiro atoms. The highest BCUT2D eigenvalue weighted by atomic mass is 15.3. The molecule has 3 rings (SSSR count). The summed E-state index contributed by atoms with van der Waals surface area (Å²) >= 11 is 0. The van der Waals surface area contributed by atoms with Gasteiger partial charge in [-0.15, -0.1) is 0 Å². The predicted molar refractivity (Wildman–Crippen MR) is 68.2 cm³/mol. The molecule has 1 N–H and O–H groups in total. The molecule has 0 amide bonds. The molecular weight excluding hydrogens is 196 g/mol. The highest BCUT2D eigenvalue weighted by molar-refractivity contribution is 5.63. The minimum atomic E-state index is 0.627. The molecule has 2 nitrogen and oxygen atoms in total. The number of aryl methyl sites for hydroxylation is 2. The van der Waals surface area contributed by atoms with Gasteiger partial charge in [0.25, 0.3) is 0 Å². The lowest BCUT2D eigenvalue weighted by Gasteiger charge is -2.38. The van der Waals surface area contributed by atoms with Gasteiger partial charge in [-0.2, -0.15) is 0 Å². The molecule has 0 aliphatic carbocycles. The lowest BCUT2D eigenvalue weighted by Crippen LogP contribution is -2.54. The summed E-state index contributed by atoms with van der Waals surface area (Å²) in [5.41, 5.74) is 5.88. The van der Waals surface area contributed by atoms with Gasteiger partial charge in [-0.05, 0) is 49.9 Å². The average Bonchev–Trinajstić information content (AvgIpc) is 2.58. The van der Waals surface area contributed by atoms with Crippen molar-refractivity contribution in [3.8, 4) is 0 Å². The van der Waals surface area contributed by atoms with Crippen LogP contribution < -0.4 is 10.2 Å². The molecule has 1 saturated heterocycles. The van der Waals surface area contributed by atoms with Crippen molar-refractivity contribution in [2.45, 2.75) is 39.3 Å². The van der Waals surface area contributed by atoms with E-state index >= 15 is 0 Å². The number of hydrogen-bond donors (Lipinski definition) is 1. The van der Waals surface area contributed by atoms with Crippen LogP contribution in [0.25, 0.3) is 0 Å². The monoisotopic (exact) mass is 216 g/mol. The fourth-order valence-electron chi connectivity index (χ4n) is 3.14. The summed E-state index contributed by atoms with van der Waals surface area (Å²) in [6, 6.07) is 6.07. The zero-order chi connectivity index (χ0) is 11.3. The first kappa shape index (κ1) is 10.2. The normalized spacial score (nSPS) is 27.8. The van der Waals surface area contributed by atoms with Gasteiger partial charge in [0.2, 0.25) is 0 Å². The number of benzene rings is 1. The van der Waals surface area contributed by atoms with Crippen LogP contribution in [-0.4, -0.2) is 25.2 Å². The Kier molecular flexibility index (Phi) is 2.21. The number of anilines is 1. The Labute approximate surface area is 97.6 Å². The van der Waals surface area contributed by atoms with Crippen LogP contribution in [0.4, 0.5) is 5.69 Å². The van der Waals surface area contributed by atoms with Gasteiger partial charge in [-0.1, -0.05) is 6.07 Å². The lowest BCUT2D eigenvalue weighted by atomic mass is 10.0. The Bertz CT molecular complexity index is 425. The molecule has 2 aliphatic rings. The van der Waals surface area contributed by atoms with Gasteiger partial charge in [0.15, 0.2) is 0 Å². The smallest absolute Gasteiger partial charge is 0.0459 e. The summed E-state index contributed by atoms with van der Waals surface area (Å²) in [6.45, 7) is 9.01. The van der Waals surface area contributed by atoms with E-state index in [9.17, 15) is 0 Å². The molecule has 2 atom stereocenters. The van der Waals surface area contributed by atoms with Crippen LogP contribution in [0, 0.1) is 13.8 Å². The molecule has 1 fully saturated rings. The Hall–Kier alpha value is -1.02. The molecule has 1 aromatic carbocycles. The van der Waals surface area contributed by atoms with Crippen molar-refractivity contribution in [2.75, 3.05) is 18.0 Å². The second-order valence-corrected chi connectivity index (χ2v) is 5.34. The summed E-state index contributed by atoms with van der Waals surface area (Å²) in [5, 5.41) is 3.53. The van der Waals surface area contributed by atoms with Gasteiger partial charge in [0, 0.05) is 30.9 Å². The van der Waals surface area contributed by atoms with E-state index in [4.69, 9.17) is 0 Å². The highest BCUT2D eigenvalue weighted by Crippen LogP contribution is 2.36. The van der Waals surface area contributed by atoms with Crippen LogP contribution >= 0.6 is 0 Å². The van der Waals surface area contributed by atoms with Crippen molar-refractivity contribution in [3.05, 3.63) is 28.8 Å². The molecule has 0 saturated carbocycles. The van der Waals surface area contributed by atoms with Gasteiger partial charge in [-0.25, -0.2) is 0 Å². The zero-order valence-electron chi connectivity index (χ0n) is 10.4. The molecule has 0 bridgehead atoms. The van der Waals surface area contributed by atoms with E-state index in [2.05, 4.69) is 43.1 Å². The Morgan fingerprint density at radius 3 is 2.75 bits per heavy atom. The summed E-state index contributed by atoms with van der Waals surface area (Å²) < 4.78 is 0. The highest BCUT2D eigenvalue weighted by Gasteiger charge is 2.35. The predicted octanol–water partition coefficient (Wildman–Crippen LogP) is 2.03. The number of hydrogen-bond acceptors (Lipinski definition) is 2. The maximum atomic E-state index is 3.53.